The van der Waals surface area contributed by atoms with E-state index in [0.717, 1.165) is 15.4 Å². The number of carbonyl (C=O) groups is 3. The van der Waals surface area contributed by atoms with Gasteiger partial charge in [-0.05, 0) is 60.6 Å². The zero-order chi connectivity index (χ0) is 20.4. The summed E-state index contributed by atoms with van der Waals surface area (Å²) in [5.74, 6) is -1.34. The van der Waals surface area contributed by atoms with E-state index in [1.165, 1.54) is 11.8 Å². The second kappa shape index (κ2) is 7.84. The highest BCUT2D eigenvalue weighted by atomic mass is 32.2. The fourth-order valence-electron chi connectivity index (χ4n) is 3.00. The summed E-state index contributed by atoms with van der Waals surface area (Å²) in [6.07, 6.45) is 3.35. The first-order valence-electron chi connectivity index (χ1n) is 8.83. The van der Waals surface area contributed by atoms with Crippen LogP contribution in [0.15, 0.2) is 71.0 Å². The third kappa shape index (κ3) is 3.88. The van der Waals surface area contributed by atoms with E-state index in [2.05, 4.69) is 15.3 Å². The molecule has 0 aliphatic carbocycles. The number of nitrogens with zero attached hydrogens (tertiary/aromatic N) is 3. The quantitative estimate of drug-likeness (QED) is 0.519. The van der Waals surface area contributed by atoms with Gasteiger partial charge in [0.25, 0.3) is 11.8 Å². The molecule has 0 atom stereocenters. The number of rotatable bonds is 5. The van der Waals surface area contributed by atoms with Crippen LogP contribution in [0.3, 0.4) is 0 Å². The summed E-state index contributed by atoms with van der Waals surface area (Å²) in [5, 5.41) is 3.40. The highest BCUT2D eigenvalue weighted by Crippen LogP contribution is 2.28. The Kier molecular flexibility index (Phi) is 5.09. The number of hydrogen-bond donors (Lipinski definition) is 1. The predicted octanol–water partition coefficient (Wildman–Crippen LogP) is 3.17. The molecule has 29 heavy (non-hydrogen) atoms. The summed E-state index contributed by atoms with van der Waals surface area (Å²) in [6.45, 7) is 1.54. The Balaban J connectivity index is 1.43. The standard InChI is InChI=1S/C21H16N4O3S/c1-13-11-14(29-21-22-9-4-10-23-21)7-8-17(13)24-18(26)12-25-19(27)15-5-2-3-6-16(15)20(25)28/h2-11H,12H2,1H3,(H,24,26). The van der Waals surface area contributed by atoms with Crippen molar-refractivity contribution in [1.82, 2.24) is 14.9 Å². The lowest BCUT2D eigenvalue weighted by atomic mass is 10.1. The molecule has 0 radical (unpaired) electrons. The molecule has 0 unspecified atom stereocenters. The Morgan fingerprint density at radius 3 is 2.28 bits per heavy atom. The molecular formula is C21H16N4O3S. The molecule has 3 amide bonds. The number of aromatic nitrogens is 2. The zero-order valence-electron chi connectivity index (χ0n) is 15.5. The summed E-state index contributed by atoms with van der Waals surface area (Å²) in [7, 11) is 0. The molecule has 4 rings (SSSR count). The number of amides is 3. The van der Waals surface area contributed by atoms with Crippen molar-refractivity contribution in [3.8, 4) is 0 Å². The van der Waals surface area contributed by atoms with Gasteiger partial charge >= 0.3 is 0 Å². The lowest BCUT2D eigenvalue weighted by molar-refractivity contribution is -0.116. The van der Waals surface area contributed by atoms with Crippen LogP contribution in [-0.2, 0) is 4.79 Å². The molecule has 1 aliphatic rings. The van der Waals surface area contributed by atoms with Crippen molar-refractivity contribution in [3.63, 3.8) is 0 Å². The minimum atomic E-state index is -0.452. The van der Waals surface area contributed by atoms with Crippen molar-refractivity contribution in [2.75, 3.05) is 11.9 Å². The van der Waals surface area contributed by atoms with Gasteiger partial charge in [-0.2, -0.15) is 0 Å². The van der Waals surface area contributed by atoms with Crippen LogP contribution >= 0.6 is 11.8 Å². The molecule has 1 aromatic heterocycles. The second-order valence-corrected chi connectivity index (χ2v) is 7.44. The van der Waals surface area contributed by atoms with E-state index < -0.39 is 17.7 Å². The first kappa shape index (κ1) is 18.8. The minimum absolute atomic E-state index is 0.325. The van der Waals surface area contributed by atoms with E-state index in [9.17, 15) is 14.4 Å². The van der Waals surface area contributed by atoms with E-state index in [0.29, 0.717) is 22.0 Å². The average Bonchev–Trinajstić information content (AvgIpc) is 2.96. The molecule has 2 heterocycles. The van der Waals surface area contributed by atoms with Gasteiger partial charge < -0.3 is 5.32 Å². The fourth-order valence-corrected chi connectivity index (χ4v) is 3.81. The number of imide groups is 1. The fraction of sp³-hybridized carbons (Fsp3) is 0.0952. The largest absolute Gasteiger partial charge is 0.324 e. The molecule has 8 heteroatoms. The van der Waals surface area contributed by atoms with Crippen LogP contribution < -0.4 is 5.32 Å². The summed E-state index contributed by atoms with van der Waals surface area (Å²) >= 11 is 1.42. The average molecular weight is 404 g/mol. The van der Waals surface area contributed by atoms with E-state index in [1.807, 2.05) is 19.1 Å². The first-order valence-corrected chi connectivity index (χ1v) is 9.65. The molecule has 0 bridgehead atoms. The van der Waals surface area contributed by atoms with Crippen LogP contribution in [0.5, 0.6) is 0 Å². The third-order valence-electron chi connectivity index (χ3n) is 4.40. The molecule has 1 N–H and O–H groups in total. The Hall–Kier alpha value is -3.52. The molecule has 7 nitrogen and oxygen atoms in total. The van der Waals surface area contributed by atoms with Gasteiger partial charge in [0.15, 0.2) is 5.16 Å². The van der Waals surface area contributed by atoms with Crippen molar-refractivity contribution < 1.29 is 14.4 Å². The number of hydrogen-bond acceptors (Lipinski definition) is 6. The van der Waals surface area contributed by atoms with E-state index in [1.54, 1.807) is 48.8 Å². The van der Waals surface area contributed by atoms with Gasteiger partial charge in [-0.3, -0.25) is 19.3 Å². The van der Waals surface area contributed by atoms with Crippen molar-refractivity contribution in [2.24, 2.45) is 0 Å². The monoisotopic (exact) mass is 404 g/mol. The Labute approximate surface area is 171 Å². The van der Waals surface area contributed by atoms with Crippen LogP contribution in [-0.4, -0.2) is 39.1 Å². The topological polar surface area (TPSA) is 92.3 Å². The second-order valence-electron chi connectivity index (χ2n) is 6.40. The molecule has 1 aliphatic heterocycles. The van der Waals surface area contributed by atoms with Gasteiger partial charge in [-0.15, -0.1) is 0 Å². The smallest absolute Gasteiger partial charge is 0.262 e. The summed E-state index contributed by atoms with van der Waals surface area (Å²) in [4.78, 5) is 47.5. The molecule has 0 saturated carbocycles. The van der Waals surface area contributed by atoms with E-state index in [-0.39, 0.29) is 6.54 Å². The Morgan fingerprint density at radius 2 is 1.66 bits per heavy atom. The van der Waals surface area contributed by atoms with Crippen molar-refractivity contribution >= 4 is 35.2 Å². The molecule has 0 spiro atoms. The summed E-state index contributed by atoms with van der Waals surface area (Å²) in [5.41, 5.74) is 2.11. The highest BCUT2D eigenvalue weighted by molar-refractivity contribution is 7.99. The summed E-state index contributed by atoms with van der Waals surface area (Å²) in [6, 6.07) is 13.9. The van der Waals surface area contributed by atoms with Gasteiger partial charge in [0.05, 0.1) is 11.1 Å². The molecule has 0 saturated heterocycles. The lowest BCUT2D eigenvalue weighted by Gasteiger charge is -2.15. The van der Waals surface area contributed by atoms with Gasteiger partial charge in [0, 0.05) is 23.0 Å². The minimum Gasteiger partial charge on any atom is -0.324 e. The van der Waals surface area contributed by atoms with Gasteiger partial charge in [0.2, 0.25) is 5.91 Å². The SMILES string of the molecule is Cc1cc(Sc2ncccn2)ccc1NC(=O)CN1C(=O)c2ccccc2C1=O. The molecule has 3 aromatic rings. The number of aryl methyl sites for hydroxylation is 1. The highest BCUT2D eigenvalue weighted by Gasteiger charge is 2.36. The molecule has 0 fully saturated rings. The van der Waals surface area contributed by atoms with Crippen LogP contribution in [0.1, 0.15) is 26.3 Å². The number of anilines is 1. The number of nitrogens with one attached hydrogen (secondary N) is 1. The van der Waals surface area contributed by atoms with Crippen molar-refractivity contribution in [3.05, 3.63) is 77.6 Å². The maximum atomic E-state index is 12.5. The molecule has 2 aromatic carbocycles. The van der Waals surface area contributed by atoms with Gasteiger partial charge in [-0.25, -0.2) is 9.97 Å². The Morgan fingerprint density at radius 1 is 1.00 bits per heavy atom. The number of fused-ring (bicyclic) bond motifs is 1. The normalized spacial score (nSPS) is 12.8. The maximum Gasteiger partial charge on any atom is 0.262 e. The van der Waals surface area contributed by atoms with E-state index in [4.69, 9.17) is 0 Å². The molecule has 144 valence electrons. The van der Waals surface area contributed by atoms with Crippen molar-refractivity contribution in [2.45, 2.75) is 17.0 Å². The number of carbonyl (C=O) groups excluding carboxylic acids is 3. The maximum absolute atomic E-state index is 12.5. The van der Waals surface area contributed by atoms with E-state index >= 15 is 0 Å². The zero-order valence-corrected chi connectivity index (χ0v) is 16.3. The third-order valence-corrected chi connectivity index (χ3v) is 5.29. The molecular weight excluding hydrogens is 388 g/mol. The van der Waals surface area contributed by atoms with Gasteiger partial charge in [-0.1, -0.05) is 12.1 Å². The van der Waals surface area contributed by atoms with Crippen LogP contribution in [0, 0.1) is 6.92 Å². The lowest BCUT2D eigenvalue weighted by Crippen LogP contribution is -2.37. The Bertz CT molecular complexity index is 1080. The van der Waals surface area contributed by atoms with Crippen LogP contribution in [0.25, 0.3) is 0 Å². The van der Waals surface area contributed by atoms with Crippen LogP contribution in [0.4, 0.5) is 5.69 Å². The van der Waals surface area contributed by atoms with Crippen LogP contribution in [0.2, 0.25) is 0 Å². The first-order chi connectivity index (χ1) is 14.0. The number of benzene rings is 2. The van der Waals surface area contributed by atoms with Crippen molar-refractivity contribution in [1.29, 1.82) is 0 Å². The summed E-state index contributed by atoms with van der Waals surface area (Å²) < 4.78 is 0. The van der Waals surface area contributed by atoms with Gasteiger partial charge in [0.1, 0.15) is 6.54 Å². The predicted molar refractivity (Wildman–Crippen MR) is 108 cm³/mol.